The van der Waals surface area contributed by atoms with E-state index in [-0.39, 0.29) is 10.8 Å². The van der Waals surface area contributed by atoms with Crippen LogP contribution >= 0.6 is 0 Å². The van der Waals surface area contributed by atoms with Gasteiger partial charge in [-0.05, 0) is 70.8 Å². The number of aromatic nitrogens is 1. The maximum Gasteiger partial charge on any atom is 0.213 e. The summed E-state index contributed by atoms with van der Waals surface area (Å²) >= 11 is 0. The van der Waals surface area contributed by atoms with Crippen molar-refractivity contribution in [1.29, 1.82) is 0 Å². The molecular formula is C33H34N+. The Morgan fingerprint density at radius 1 is 0.676 bits per heavy atom. The van der Waals surface area contributed by atoms with Crippen molar-refractivity contribution < 1.29 is 4.57 Å². The van der Waals surface area contributed by atoms with E-state index in [0.717, 1.165) is 0 Å². The fraction of sp³-hybridized carbons (Fsp3) is 0.303. The molecule has 0 amide bonds. The number of pyridine rings is 1. The highest BCUT2D eigenvalue weighted by atomic mass is 14.9. The third-order valence-electron chi connectivity index (χ3n) is 8.69. The van der Waals surface area contributed by atoms with Crippen LogP contribution in [0.4, 0.5) is 0 Å². The predicted molar refractivity (Wildman–Crippen MR) is 141 cm³/mol. The zero-order valence-electron chi connectivity index (χ0n) is 20.9. The van der Waals surface area contributed by atoms with E-state index < -0.39 is 0 Å². The van der Waals surface area contributed by atoms with Crippen molar-refractivity contribution in [2.75, 3.05) is 0 Å². The predicted octanol–water partition coefficient (Wildman–Crippen LogP) is 7.65. The Kier molecular flexibility index (Phi) is 4.81. The second-order valence-electron chi connectivity index (χ2n) is 10.9. The normalized spacial score (nSPS) is 17.4. The standard InChI is InChI=1S/C33H34N/c1-23-11-5-6-12-26(23)31-22-25(17-20-34(31)4)24-15-16-28-30(21-24)33(18-9-10-19-33)29-14-8-7-13-27(29)32(28,2)3/h5-8,11-17,20-22H,9-10,18-19H2,1-4H3/q+1. The van der Waals surface area contributed by atoms with Crippen LogP contribution in [0.2, 0.25) is 0 Å². The molecule has 0 aliphatic heterocycles. The molecule has 1 saturated carbocycles. The molecule has 0 bridgehead atoms. The number of hydrogen-bond acceptors (Lipinski definition) is 0. The van der Waals surface area contributed by atoms with Crippen LogP contribution in [-0.2, 0) is 17.9 Å². The average molecular weight is 445 g/mol. The first kappa shape index (κ1) is 21.4. The van der Waals surface area contributed by atoms with Gasteiger partial charge < -0.3 is 0 Å². The fourth-order valence-electron chi connectivity index (χ4n) is 6.79. The van der Waals surface area contributed by atoms with Crippen LogP contribution in [0.1, 0.15) is 67.3 Å². The van der Waals surface area contributed by atoms with Crippen LogP contribution in [0, 0.1) is 6.92 Å². The third-order valence-corrected chi connectivity index (χ3v) is 8.69. The number of nitrogens with zero attached hydrogens (tertiary/aromatic N) is 1. The molecule has 2 aliphatic rings. The molecule has 0 radical (unpaired) electrons. The Morgan fingerprint density at radius 2 is 1.32 bits per heavy atom. The van der Waals surface area contributed by atoms with E-state index in [1.807, 2.05) is 0 Å². The van der Waals surface area contributed by atoms with Crippen LogP contribution in [0.15, 0.2) is 85.1 Å². The molecule has 1 aromatic heterocycles. The molecule has 0 saturated heterocycles. The van der Waals surface area contributed by atoms with Crippen molar-refractivity contribution >= 4 is 0 Å². The molecule has 1 fully saturated rings. The molecule has 3 aromatic carbocycles. The minimum Gasteiger partial charge on any atom is -0.201 e. The minimum absolute atomic E-state index is 0.0216. The van der Waals surface area contributed by atoms with Gasteiger partial charge in [-0.2, -0.15) is 0 Å². The molecule has 0 atom stereocenters. The Morgan fingerprint density at radius 3 is 2.09 bits per heavy atom. The van der Waals surface area contributed by atoms with Gasteiger partial charge in [0.1, 0.15) is 7.05 Å². The number of benzene rings is 3. The van der Waals surface area contributed by atoms with Gasteiger partial charge in [-0.3, -0.25) is 0 Å². The smallest absolute Gasteiger partial charge is 0.201 e. The van der Waals surface area contributed by atoms with Gasteiger partial charge >= 0.3 is 0 Å². The number of rotatable bonds is 2. The molecule has 1 heteroatoms. The highest BCUT2D eigenvalue weighted by Crippen LogP contribution is 2.56. The lowest BCUT2D eigenvalue weighted by Gasteiger charge is -2.46. The molecule has 4 aromatic rings. The number of hydrogen-bond donors (Lipinski definition) is 0. The van der Waals surface area contributed by atoms with E-state index in [4.69, 9.17) is 0 Å². The summed E-state index contributed by atoms with van der Waals surface area (Å²) in [6.45, 7) is 7.01. The zero-order chi connectivity index (χ0) is 23.5. The summed E-state index contributed by atoms with van der Waals surface area (Å²) in [7, 11) is 2.14. The van der Waals surface area contributed by atoms with E-state index in [0.29, 0.717) is 0 Å². The van der Waals surface area contributed by atoms with Crippen molar-refractivity contribution in [3.05, 3.63) is 113 Å². The Labute approximate surface area is 204 Å². The van der Waals surface area contributed by atoms with Crippen molar-refractivity contribution in [3.8, 4) is 22.4 Å². The first-order chi connectivity index (χ1) is 16.4. The van der Waals surface area contributed by atoms with Gasteiger partial charge in [-0.15, -0.1) is 0 Å². The fourth-order valence-corrected chi connectivity index (χ4v) is 6.79. The first-order valence-electron chi connectivity index (χ1n) is 12.7. The lowest BCUT2D eigenvalue weighted by atomic mass is 9.57. The molecule has 0 N–H and O–H groups in total. The second kappa shape index (κ2) is 7.67. The summed E-state index contributed by atoms with van der Waals surface area (Å²) in [5.41, 5.74) is 12.8. The summed E-state index contributed by atoms with van der Waals surface area (Å²) in [5.74, 6) is 0. The van der Waals surface area contributed by atoms with Gasteiger partial charge in [0.25, 0.3) is 0 Å². The van der Waals surface area contributed by atoms with Crippen LogP contribution in [0.25, 0.3) is 22.4 Å². The van der Waals surface area contributed by atoms with Crippen LogP contribution in [0.3, 0.4) is 0 Å². The molecular weight excluding hydrogens is 410 g/mol. The zero-order valence-corrected chi connectivity index (χ0v) is 20.9. The first-order valence-corrected chi connectivity index (χ1v) is 12.7. The van der Waals surface area contributed by atoms with Gasteiger partial charge in [0.2, 0.25) is 5.69 Å². The van der Waals surface area contributed by atoms with Gasteiger partial charge in [0.05, 0.1) is 0 Å². The maximum absolute atomic E-state index is 2.54. The molecule has 34 heavy (non-hydrogen) atoms. The van der Waals surface area contributed by atoms with Crippen LogP contribution in [0.5, 0.6) is 0 Å². The summed E-state index contributed by atoms with van der Waals surface area (Å²) in [6.07, 6.45) is 7.36. The van der Waals surface area contributed by atoms with Gasteiger partial charge in [-0.1, -0.05) is 81.3 Å². The minimum atomic E-state index is 0.0216. The molecule has 1 heterocycles. The van der Waals surface area contributed by atoms with Gasteiger partial charge in [0.15, 0.2) is 6.20 Å². The summed E-state index contributed by atoms with van der Waals surface area (Å²) < 4.78 is 2.24. The van der Waals surface area contributed by atoms with Crippen molar-refractivity contribution in [3.63, 3.8) is 0 Å². The van der Waals surface area contributed by atoms with E-state index >= 15 is 0 Å². The van der Waals surface area contributed by atoms with Gasteiger partial charge in [-0.25, -0.2) is 4.57 Å². The molecule has 1 nitrogen and oxygen atoms in total. The summed E-state index contributed by atoms with van der Waals surface area (Å²) in [5, 5.41) is 0. The average Bonchev–Trinajstić information content (AvgIpc) is 3.35. The van der Waals surface area contributed by atoms with Gasteiger partial charge in [0, 0.05) is 28.5 Å². The van der Waals surface area contributed by atoms with E-state index in [1.54, 1.807) is 11.1 Å². The van der Waals surface area contributed by atoms with Crippen LogP contribution < -0.4 is 4.57 Å². The summed E-state index contributed by atoms with van der Waals surface area (Å²) in [4.78, 5) is 0. The van der Waals surface area contributed by atoms with E-state index in [1.165, 1.54) is 64.8 Å². The summed E-state index contributed by atoms with van der Waals surface area (Å²) in [6, 6.07) is 29.9. The number of fused-ring (bicyclic) bond motifs is 4. The van der Waals surface area contributed by atoms with Crippen molar-refractivity contribution in [2.24, 2.45) is 7.05 Å². The highest BCUT2D eigenvalue weighted by Gasteiger charge is 2.47. The SMILES string of the molecule is Cc1ccccc1-c1cc(-c2ccc3c(c2)C2(CCCC2)c2ccccc2C3(C)C)cc[n+]1C. The van der Waals surface area contributed by atoms with E-state index in [9.17, 15) is 0 Å². The Bertz CT molecular complexity index is 1400. The monoisotopic (exact) mass is 444 g/mol. The second-order valence-corrected chi connectivity index (χ2v) is 10.9. The maximum atomic E-state index is 2.54. The molecule has 2 aliphatic carbocycles. The number of aryl methyl sites for hydroxylation is 2. The largest absolute Gasteiger partial charge is 0.213 e. The lowest BCUT2D eigenvalue weighted by molar-refractivity contribution is -0.660. The van der Waals surface area contributed by atoms with Crippen molar-refractivity contribution in [1.82, 2.24) is 0 Å². The third kappa shape index (κ3) is 3.03. The van der Waals surface area contributed by atoms with Crippen LogP contribution in [-0.4, -0.2) is 0 Å². The van der Waals surface area contributed by atoms with Crippen molar-refractivity contribution in [2.45, 2.75) is 57.3 Å². The molecule has 1 spiro atoms. The topological polar surface area (TPSA) is 3.88 Å². The quantitative estimate of drug-likeness (QED) is 0.280. The Balaban J connectivity index is 1.55. The molecule has 6 rings (SSSR count). The molecule has 170 valence electrons. The van der Waals surface area contributed by atoms with E-state index in [2.05, 4.69) is 117 Å². The highest BCUT2D eigenvalue weighted by molar-refractivity contribution is 5.73. The lowest BCUT2D eigenvalue weighted by Crippen LogP contribution is -2.38. The molecule has 0 unspecified atom stereocenters. The Hall–Kier alpha value is -3.19.